The van der Waals surface area contributed by atoms with Gasteiger partial charge in [-0.1, -0.05) is 72.3 Å². The Hall–Kier alpha value is -1.09. The summed E-state index contributed by atoms with van der Waals surface area (Å²) in [6.07, 6.45) is 16.2. The molecule has 0 saturated heterocycles. The zero-order valence-corrected chi connectivity index (χ0v) is 23.6. The van der Waals surface area contributed by atoms with Gasteiger partial charge in [-0.05, 0) is 91.8 Å². The molecule has 4 rings (SSSR count). The van der Waals surface area contributed by atoms with E-state index in [0.29, 0.717) is 47.8 Å². The highest BCUT2D eigenvalue weighted by Gasteiger charge is 2.61. The van der Waals surface area contributed by atoms with E-state index in [1.54, 1.807) is 0 Å². The van der Waals surface area contributed by atoms with Crippen LogP contribution in [-0.2, 0) is 9.53 Å². The molecule has 3 saturated carbocycles. The molecule has 0 spiro atoms. The summed E-state index contributed by atoms with van der Waals surface area (Å²) in [5.74, 6) is 4.62. The Morgan fingerprint density at radius 1 is 1.14 bits per heavy atom. The highest BCUT2D eigenvalue weighted by Crippen LogP contribution is 2.67. The molecule has 4 aliphatic carbocycles. The second-order valence-electron chi connectivity index (χ2n) is 13.3. The van der Waals surface area contributed by atoms with Gasteiger partial charge in [-0.3, -0.25) is 4.79 Å². The van der Waals surface area contributed by atoms with Crippen molar-refractivity contribution in [1.29, 1.82) is 0 Å². The molecule has 1 N–H and O–H groups in total. The van der Waals surface area contributed by atoms with E-state index in [0.717, 1.165) is 24.7 Å². The third kappa shape index (κ3) is 4.69. The predicted octanol–water partition coefficient (Wildman–Crippen LogP) is 7.73. The molecule has 3 heteroatoms. The lowest BCUT2D eigenvalue weighted by Crippen LogP contribution is -2.56. The number of fused-ring (bicyclic) bond motifs is 5. The molecule has 0 aromatic rings. The molecule has 35 heavy (non-hydrogen) atoms. The number of rotatable bonds is 7. The van der Waals surface area contributed by atoms with Crippen molar-refractivity contribution in [2.45, 2.75) is 118 Å². The zero-order valence-electron chi connectivity index (χ0n) is 23.6. The Bertz CT molecular complexity index is 827. The Morgan fingerprint density at radius 2 is 1.89 bits per heavy atom. The fourth-order valence-electron chi connectivity index (χ4n) is 9.27. The molecule has 1 unspecified atom stereocenters. The van der Waals surface area contributed by atoms with E-state index < -0.39 is 6.10 Å². The Kier molecular flexibility index (Phi) is 7.97. The first-order valence-electron chi connectivity index (χ1n) is 14.8. The first kappa shape index (κ1) is 27.0. The minimum absolute atomic E-state index is 0.122. The monoisotopic (exact) mass is 484 g/mol. The molecule has 0 aromatic carbocycles. The van der Waals surface area contributed by atoms with Crippen molar-refractivity contribution >= 4 is 5.97 Å². The molecule has 3 nitrogen and oxygen atoms in total. The number of ether oxygens (including phenoxy) is 1. The maximum absolute atomic E-state index is 12.4. The summed E-state index contributed by atoms with van der Waals surface area (Å²) >= 11 is 0. The number of aliphatic hydroxyl groups excluding tert-OH is 1. The number of carbonyl (C=O) groups is 1. The molecule has 0 bridgehead atoms. The first-order chi connectivity index (χ1) is 16.6. The van der Waals surface area contributed by atoms with E-state index in [2.05, 4.69) is 59.8 Å². The standard InChI is InChI=1S/C32H52O3/c1-8-22(20(3)4)11-10-21(5)26-14-15-27-25-13-12-23-18-24(33)19-29(35-30(34)9-2)32(23,7)28(25)16-17-31(26,27)6/h10-12,20-22,24-29,33H,8-9,13-19H2,1-7H3/b11-10+/t21-,22+,24+,25+,26-,27+,28+,29?,31-,32+/m1/s1. The van der Waals surface area contributed by atoms with Gasteiger partial charge in [0, 0.05) is 18.3 Å². The van der Waals surface area contributed by atoms with Gasteiger partial charge in [0.1, 0.15) is 6.10 Å². The van der Waals surface area contributed by atoms with E-state index in [1.807, 2.05) is 6.92 Å². The normalized spacial score (nSPS) is 42.7. The highest BCUT2D eigenvalue weighted by atomic mass is 16.5. The molecule has 0 radical (unpaired) electrons. The van der Waals surface area contributed by atoms with E-state index in [4.69, 9.17) is 4.74 Å². The van der Waals surface area contributed by atoms with Crippen LogP contribution in [0.4, 0.5) is 0 Å². The van der Waals surface area contributed by atoms with Crippen molar-refractivity contribution in [2.24, 2.45) is 52.3 Å². The largest absolute Gasteiger partial charge is 0.461 e. The van der Waals surface area contributed by atoms with Crippen LogP contribution in [0.2, 0.25) is 0 Å². The maximum atomic E-state index is 12.4. The summed E-state index contributed by atoms with van der Waals surface area (Å²) in [7, 11) is 0. The van der Waals surface area contributed by atoms with Crippen LogP contribution in [0.5, 0.6) is 0 Å². The summed E-state index contributed by atoms with van der Waals surface area (Å²) in [6, 6.07) is 0. The SMILES string of the molecule is CCC(=O)OC1C[C@@H](O)CC2=CC[C@H]3[C@@H]4CC[C@H]([C@H](C)/C=C/[C@H](CC)C(C)C)[C@@]4(C)CC[C@@H]3[C@]21C. The van der Waals surface area contributed by atoms with Crippen LogP contribution < -0.4 is 0 Å². The van der Waals surface area contributed by atoms with Crippen molar-refractivity contribution < 1.29 is 14.6 Å². The Balaban J connectivity index is 1.57. The molecule has 0 aromatic heterocycles. The number of aliphatic hydroxyl groups is 1. The van der Waals surface area contributed by atoms with E-state index in [9.17, 15) is 9.90 Å². The number of hydrogen-bond donors (Lipinski definition) is 1. The summed E-state index contributed by atoms with van der Waals surface area (Å²) < 4.78 is 6.06. The third-order valence-corrected chi connectivity index (χ3v) is 11.4. The third-order valence-electron chi connectivity index (χ3n) is 11.4. The number of hydrogen-bond acceptors (Lipinski definition) is 3. The van der Waals surface area contributed by atoms with Crippen molar-refractivity contribution in [3.63, 3.8) is 0 Å². The summed E-state index contributed by atoms with van der Waals surface area (Å²) in [6.45, 7) is 16.3. The first-order valence-corrected chi connectivity index (χ1v) is 14.8. The van der Waals surface area contributed by atoms with Crippen LogP contribution in [0.15, 0.2) is 23.8 Å². The molecular formula is C32H52O3. The molecular weight excluding hydrogens is 432 g/mol. The second-order valence-corrected chi connectivity index (χ2v) is 13.3. The summed E-state index contributed by atoms with van der Waals surface area (Å²) in [4.78, 5) is 12.4. The molecule has 0 amide bonds. The molecule has 10 atom stereocenters. The van der Waals surface area contributed by atoms with Crippen LogP contribution in [-0.4, -0.2) is 23.3 Å². The van der Waals surface area contributed by atoms with Crippen molar-refractivity contribution in [3.8, 4) is 0 Å². The lowest BCUT2D eigenvalue weighted by Gasteiger charge is -2.59. The topological polar surface area (TPSA) is 46.5 Å². The maximum Gasteiger partial charge on any atom is 0.305 e. The Labute approximate surface area is 215 Å². The Morgan fingerprint density at radius 3 is 2.54 bits per heavy atom. The van der Waals surface area contributed by atoms with Gasteiger partial charge in [0.15, 0.2) is 0 Å². The van der Waals surface area contributed by atoms with Crippen LogP contribution in [0.1, 0.15) is 106 Å². The van der Waals surface area contributed by atoms with Gasteiger partial charge in [0.25, 0.3) is 0 Å². The molecule has 0 heterocycles. The fraction of sp³-hybridized carbons (Fsp3) is 0.844. The van der Waals surface area contributed by atoms with Crippen LogP contribution in [0, 0.1) is 52.3 Å². The minimum Gasteiger partial charge on any atom is -0.461 e. The predicted molar refractivity (Wildman–Crippen MR) is 144 cm³/mol. The smallest absolute Gasteiger partial charge is 0.305 e. The second kappa shape index (κ2) is 10.3. The van der Waals surface area contributed by atoms with Crippen molar-refractivity contribution in [3.05, 3.63) is 23.8 Å². The quantitative estimate of drug-likeness (QED) is 0.297. The van der Waals surface area contributed by atoms with Crippen molar-refractivity contribution in [1.82, 2.24) is 0 Å². The van der Waals surface area contributed by atoms with E-state index >= 15 is 0 Å². The molecule has 3 fully saturated rings. The van der Waals surface area contributed by atoms with Crippen LogP contribution in [0.3, 0.4) is 0 Å². The van der Waals surface area contributed by atoms with Gasteiger partial charge in [-0.25, -0.2) is 0 Å². The van der Waals surface area contributed by atoms with Crippen LogP contribution >= 0.6 is 0 Å². The van der Waals surface area contributed by atoms with Gasteiger partial charge < -0.3 is 9.84 Å². The highest BCUT2D eigenvalue weighted by molar-refractivity contribution is 5.69. The molecule has 198 valence electrons. The zero-order chi connectivity index (χ0) is 25.5. The lowest BCUT2D eigenvalue weighted by atomic mass is 9.46. The van der Waals surface area contributed by atoms with Crippen LogP contribution in [0.25, 0.3) is 0 Å². The summed E-state index contributed by atoms with van der Waals surface area (Å²) in [5.41, 5.74) is 1.64. The van der Waals surface area contributed by atoms with Gasteiger partial charge in [-0.15, -0.1) is 0 Å². The average molecular weight is 485 g/mol. The van der Waals surface area contributed by atoms with Gasteiger partial charge >= 0.3 is 5.97 Å². The molecule has 4 aliphatic rings. The van der Waals surface area contributed by atoms with E-state index in [-0.39, 0.29) is 17.5 Å². The molecule has 0 aliphatic heterocycles. The van der Waals surface area contributed by atoms with Gasteiger partial charge in [0.2, 0.25) is 0 Å². The van der Waals surface area contributed by atoms with E-state index in [1.165, 1.54) is 37.7 Å². The number of esters is 1. The van der Waals surface area contributed by atoms with Crippen molar-refractivity contribution in [2.75, 3.05) is 0 Å². The number of carbonyl (C=O) groups excluding carboxylic acids is 1. The average Bonchev–Trinajstić information content (AvgIpc) is 3.17. The lowest BCUT2D eigenvalue weighted by molar-refractivity contribution is -0.168. The number of allylic oxidation sites excluding steroid dienone is 3. The van der Waals surface area contributed by atoms with Gasteiger partial charge in [-0.2, -0.15) is 0 Å². The summed E-state index contributed by atoms with van der Waals surface area (Å²) in [5, 5.41) is 10.6. The van der Waals surface area contributed by atoms with Gasteiger partial charge in [0.05, 0.1) is 6.10 Å². The fourth-order valence-corrected chi connectivity index (χ4v) is 9.27. The minimum atomic E-state index is -0.393.